The van der Waals surface area contributed by atoms with Crippen molar-refractivity contribution in [1.29, 1.82) is 0 Å². The van der Waals surface area contributed by atoms with Crippen molar-refractivity contribution in [3.63, 3.8) is 0 Å². The van der Waals surface area contributed by atoms with Crippen LogP contribution in [0.1, 0.15) is 6.42 Å². The number of urea groups is 1. The number of hydrogen-bond acceptors (Lipinski definition) is 2. The van der Waals surface area contributed by atoms with Crippen LogP contribution in [0.25, 0.3) is 11.1 Å². The fraction of sp³-hybridized carbons (Fsp3) is 0.300. The van der Waals surface area contributed by atoms with Crippen molar-refractivity contribution < 1.29 is 14.0 Å². The Bertz CT molecular complexity index is 807. The minimum absolute atomic E-state index is 0.122. The van der Waals surface area contributed by atoms with E-state index in [0.29, 0.717) is 25.2 Å². The minimum atomic E-state index is -0.280. The van der Waals surface area contributed by atoms with Gasteiger partial charge in [0.25, 0.3) is 0 Å². The van der Waals surface area contributed by atoms with Gasteiger partial charge in [0.2, 0.25) is 5.91 Å². The Balaban J connectivity index is 1.58. The lowest BCUT2D eigenvalue weighted by Crippen LogP contribution is -2.35. The molecule has 3 rings (SSSR count). The lowest BCUT2D eigenvalue weighted by molar-refractivity contribution is -0.126. The summed E-state index contributed by atoms with van der Waals surface area (Å²) >= 11 is 0. The molecule has 1 aliphatic rings. The molecule has 2 aromatic carbocycles. The Morgan fingerprint density at radius 3 is 2.58 bits per heavy atom. The van der Waals surface area contributed by atoms with Crippen molar-refractivity contribution in [1.82, 2.24) is 9.80 Å². The maximum Gasteiger partial charge on any atom is 0.321 e. The standard InChI is InChI=1S/C20H22FN3O2/c1-23-12-14(10-19(23)25)13-24(2)20(26)22-18-8-6-15(7-9-18)16-4-3-5-17(21)11-16/h3-9,11,14H,10,12-13H2,1-2H3,(H,22,26)/t14-/m1/s1. The number of likely N-dealkylation sites (tertiary alicyclic amines) is 1. The highest BCUT2D eigenvalue weighted by molar-refractivity contribution is 5.89. The molecule has 0 bridgehead atoms. The van der Waals surface area contributed by atoms with Gasteiger partial charge in [0.15, 0.2) is 0 Å². The molecule has 0 saturated carbocycles. The van der Waals surface area contributed by atoms with E-state index >= 15 is 0 Å². The molecule has 2 aromatic rings. The zero-order valence-electron chi connectivity index (χ0n) is 14.9. The van der Waals surface area contributed by atoms with Gasteiger partial charge in [0.05, 0.1) is 0 Å². The lowest BCUT2D eigenvalue weighted by Gasteiger charge is -2.21. The number of nitrogens with one attached hydrogen (secondary N) is 1. The van der Waals surface area contributed by atoms with Gasteiger partial charge in [0, 0.05) is 45.2 Å². The first-order valence-electron chi connectivity index (χ1n) is 8.54. The Kier molecular flexibility index (Phi) is 5.21. The number of nitrogens with zero attached hydrogens (tertiary/aromatic N) is 2. The third-order valence-corrected chi connectivity index (χ3v) is 4.59. The molecular formula is C20H22FN3O2. The highest BCUT2D eigenvalue weighted by atomic mass is 19.1. The molecule has 5 nitrogen and oxygen atoms in total. The maximum atomic E-state index is 13.3. The van der Waals surface area contributed by atoms with Crippen LogP contribution < -0.4 is 5.32 Å². The van der Waals surface area contributed by atoms with Gasteiger partial charge in [-0.25, -0.2) is 9.18 Å². The van der Waals surface area contributed by atoms with E-state index in [4.69, 9.17) is 0 Å². The summed E-state index contributed by atoms with van der Waals surface area (Å²) in [4.78, 5) is 27.2. The van der Waals surface area contributed by atoms with Crippen LogP contribution in [-0.4, -0.2) is 48.9 Å². The van der Waals surface area contributed by atoms with Crippen molar-refractivity contribution in [2.75, 3.05) is 32.5 Å². The summed E-state index contributed by atoms with van der Waals surface area (Å²) in [6.07, 6.45) is 0.483. The maximum absolute atomic E-state index is 13.3. The van der Waals surface area contributed by atoms with Crippen LogP contribution >= 0.6 is 0 Å². The molecule has 3 amide bonds. The van der Waals surface area contributed by atoms with E-state index in [9.17, 15) is 14.0 Å². The summed E-state index contributed by atoms with van der Waals surface area (Å²) in [6.45, 7) is 1.21. The summed E-state index contributed by atoms with van der Waals surface area (Å²) in [5, 5.41) is 2.84. The van der Waals surface area contributed by atoms with Crippen LogP contribution in [0.2, 0.25) is 0 Å². The summed E-state index contributed by atoms with van der Waals surface area (Å²) in [5.74, 6) is 0.00731. The van der Waals surface area contributed by atoms with Gasteiger partial charge in [-0.1, -0.05) is 24.3 Å². The molecule has 0 unspecified atom stereocenters. The molecule has 1 heterocycles. The van der Waals surface area contributed by atoms with E-state index in [-0.39, 0.29) is 23.7 Å². The van der Waals surface area contributed by atoms with Gasteiger partial charge in [-0.15, -0.1) is 0 Å². The monoisotopic (exact) mass is 355 g/mol. The van der Waals surface area contributed by atoms with Gasteiger partial charge in [-0.3, -0.25) is 4.79 Å². The molecule has 26 heavy (non-hydrogen) atoms. The van der Waals surface area contributed by atoms with Crippen molar-refractivity contribution in [3.05, 3.63) is 54.3 Å². The average Bonchev–Trinajstić information content (AvgIpc) is 2.93. The number of benzene rings is 2. The molecule has 136 valence electrons. The van der Waals surface area contributed by atoms with E-state index in [0.717, 1.165) is 11.1 Å². The fourth-order valence-corrected chi connectivity index (χ4v) is 3.18. The van der Waals surface area contributed by atoms with Crippen LogP contribution in [0, 0.1) is 11.7 Å². The van der Waals surface area contributed by atoms with Gasteiger partial charge in [-0.05, 0) is 35.4 Å². The van der Waals surface area contributed by atoms with Crippen LogP contribution in [0.15, 0.2) is 48.5 Å². The second-order valence-corrected chi connectivity index (χ2v) is 6.74. The van der Waals surface area contributed by atoms with Crippen molar-refractivity contribution in [2.24, 2.45) is 5.92 Å². The zero-order valence-corrected chi connectivity index (χ0v) is 14.9. The molecule has 1 aliphatic heterocycles. The Hall–Kier alpha value is -2.89. The topological polar surface area (TPSA) is 52.6 Å². The summed E-state index contributed by atoms with van der Waals surface area (Å²) in [6, 6.07) is 13.4. The van der Waals surface area contributed by atoms with Gasteiger partial charge in [-0.2, -0.15) is 0 Å². The lowest BCUT2D eigenvalue weighted by atomic mass is 10.1. The Morgan fingerprint density at radius 1 is 1.23 bits per heavy atom. The quantitative estimate of drug-likeness (QED) is 0.913. The molecule has 1 N–H and O–H groups in total. The first-order valence-corrected chi connectivity index (χ1v) is 8.54. The van der Waals surface area contributed by atoms with E-state index in [1.54, 1.807) is 42.1 Å². The van der Waals surface area contributed by atoms with Gasteiger partial charge < -0.3 is 15.1 Å². The Labute approximate surface area is 152 Å². The third kappa shape index (κ3) is 4.20. The first-order chi connectivity index (χ1) is 12.4. The Morgan fingerprint density at radius 2 is 1.96 bits per heavy atom. The van der Waals surface area contributed by atoms with E-state index in [1.165, 1.54) is 12.1 Å². The van der Waals surface area contributed by atoms with E-state index in [2.05, 4.69) is 5.32 Å². The van der Waals surface area contributed by atoms with Crippen LogP contribution in [-0.2, 0) is 4.79 Å². The minimum Gasteiger partial charge on any atom is -0.345 e. The number of anilines is 1. The highest BCUT2D eigenvalue weighted by Gasteiger charge is 2.28. The fourth-order valence-electron chi connectivity index (χ4n) is 3.18. The van der Waals surface area contributed by atoms with Crippen molar-refractivity contribution in [2.45, 2.75) is 6.42 Å². The van der Waals surface area contributed by atoms with Crippen LogP contribution in [0.3, 0.4) is 0 Å². The predicted molar refractivity (Wildman–Crippen MR) is 99.2 cm³/mol. The molecule has 1 atom stereocenters. The molecule has 1 fully saturated rings. The zero-order chi connectivity index (χ0) is 18.7. The number of carbonyl (C=O) groups is 2. The molecule has 0 radical (unpaired) electrons. The summed E-state index contributed by atoms with van der Waals surface area (Å²) in [5.41, 5.74) is 2.33. The second kappa shape index (κ2) is 7.56. The number of rotatable bonds is 4. The van der Waals surface area contributed by atoms with Crippen LogP contribution in [0.4, 0.5) is 14.9 Å². The molecule has 6 heteroatoms. The molecule has 0 spiro atoms. The smallest absolute Gasteiger partial charge is 0.321 e. The van der Waals surface area contributed by atoms with E-state index in [1.807, 2.05) is 18.2 Å². The third-order valence-electron chi connectivity index (χ3n) is 4.59. The van der Waals surface area contributed by atoms with Crippen LogP contribution in [0.5, 0.6) is 0 Å². The van der Waals surface area contributed by atoms with Crippen molar-refractivity contribution >= 4 is 17.6 Å². The second-order valence-electron chi connectivity index (χ2n) is 6.74. The van der Waals surface area contributed by atoms with Gasteiger partial charge in [0.1, 0.15) is 5.82 Å². The molecular weight excluding hydrogens is 333 g/mol. The first kappa shape index (κ1) is 17.9. The number of amides is 3. The summed E-state index contributed by atoms with van der Waals surface area (Å²) < 4.78 is 13.3. The molecule has 1 saturated heterocycles. The number of halogens is 1. The largest absolute Gasteiger partial charge is 0.345 e. The van der Waals surface area contributed by atoms with Gasteiger partial charge >= 0.3 is 6.03 Å². The molecule has 0 aromatic heterocycles. The normalized spacial score (nSPS) is 16.7. The average molecular weight is 355 g/mol. The molecule has 0 aliphatic carbocycles. The summed E-state index contributed by atoms with van der Waals surface area (Å²) in [7, 11) is 3.50. The number of hydrogen-bond donors (Lipinski definition) is 1. The predicted octanol–water partition coefficient (Wildman–Crippen LogP) is 3.43. The van der Waals surface area contributed by atoms with E-state index < -0.39 is 0 Å². The SMILES string of the molecule is CN1C[C@H](CN(C)C(=O)Nc2ccc(-c3cccc(F)c3)cc2)CC1=O. The number of carbonyl (C=O) groups excluding carboxylic acids is 2. The van der Waals surface area contributed by atoms with Crippen molar-refractivity contribution in [3.8, 4) is 11.1 Å². The highest BCUT2D eigenvalue weighted by Crippen LogP contribution is 2.22.